The van der Waals surface area contributed by atoms with Crippen molar-refractivity contribution in [3.63, 3.8) is 0 Å². The van der Waals surface area contributed by atoms with Gasteiger partial charge >= 0.3 is 23.6 Å². The molecule has 3 rings (SSSR count). The maximum atomic E-state index is 4.70. The van der Waals surface area contributed by atoms with Crippen LogP contribution in [-0.4, -0.2) is 44.6 Å². The monoisotopic (exact) mass is 370 g/mol. The van der Waals surface area contributed by atoms with Gasteiger partial charge < -0.3 is 13.8 Å². The fraction of sp³-hybridized carbons (Fsp3) is 0.400. The Balaban J connectivity index is 0.00000144. The van der Waals surface area contributed by atoms with E-state index in [0.717, 1.165) is 34.2 Å². The number of hydrogen-bond acceptors (Lipinski definition) is 3. The molecule has 6 nitrogen and oxygen atoms in total. The van der Waals surface area contributed by atoms with Gasteiger partial charge in [0, 0.05) is 0 Å². The second-order valence-corrected chi connectivity index (χ2v) is 6.20. The molecular weight excluding hydrogens is 345 g/mol. The van der Waals surface area contributed by atoms with Crippen LogP contribution in [0.4, 0.5) is 0 Å². The summed E-state index contributed by atoms with van der Waals surface area (Å²) < 4.78 is 6.19. The predicted octanol–water partition coefficient (Wildman–Crippen LogP) is 0.334. The van der Waals surface area contributed by atoms with Crippen LogP contribution < -0.4 is 0 Å². The average Bonchev–Trinajstić information content (AvgIpc) is 3.02. The number of aryl methyl sites for hydroxylation is 6. The molecule has 0 saturated heterocycles. The summed E-state index contributed by atoms with van der Waals surface area (Å²) in [6.45, 7) is 12.3. The van der Waals surface area contributed by atoms with Crippen LogP contribution in [0.5, 0.6) is 0 Å². The largest absolute Gasteiger partial charge is 2.00 e. The van der Waals surface area contributed by atoms with Crippen molar-refractivity contribution >= 4 is 15.5 Å². The van der Waals surface area contributed by atoms with Crippen molar-refractivity contribution in [2.45, 2.75) is 41.5 Å². The van der Waals surface area contributed by atoms with Crippen molar-refractivity contribution in [2.75, 3.05) is 0 Å². The van der Waals surface area contributed by atoms with Gasteiger partial charge in [0.1, 0.15) is 0 Å². The van der Waals surface area contributed by atoms with Gasteiger partial charge in [-0.25, -0.2) is 15.3 Å². The SMILES string of the molecule is Cc1cc(C)n([BH-](n2nc(C)cc2C)n2nc(C)cc2C)n1.[BH4-].[Ni+2]. The van der Waals surface area contributed by atoms with Crippen molar-refractivity contribution < 1.29 is 16.5 Å². The van der Waals surface area contributed by atoms with Crippen LogP contribution in [-0.2, 0) is 16.5 Å². The Morgan fingerprint density at radius 3 is 1.04 bits per heavy atom. The maximum absolute atomic E-state index is 4.70. The summed E-state index contributed by atoms with van der Waals surface area (Å²) >= 11 is 0. The van der Waals surface area contributed by atoms with E-state index in [1.807, 2.05) is 20.8 Å². The number of aromatic nitrogens is 6. The van der Waals surface area contributed by atoms with Gasteiger partial charge in [0.15, 0.2) is 0 Å². The zero-order valence-electron chi connectivity index (χ0n) is 14.4. The van der Waals surface area contributed by atoms with Gasteiger partial charge in [0.25, 0.3) is 0 Å². The summed E-state index contributed by atoms with van der Waals surface area (Å²) in [6.07, 6.45) is 0. The van der Waals surface area contributed by atoms with Gasteiger partial charge in [-0.1, -0.05) is 8.41 Å². The van der Waals surface area contributed by atoms with Crippen LogP contribution >= 0.6 is 0 Å². The molecule has 9 heteroatoms. The Labute approximate surface area is 155 Å². The summed E-state index contributed by atoms with van der Waals surface area (Å²) in [5.41, 5.74) is 6.40. The molecule has 0 aliphatic carbocycles. The second-order valence-electron chi connectivity index (χ2n) is 6.20. The average molecular weight is 371 g/mol. The van der Waals surface area contributed by atoms with E-state index in [-0.39, 0.29) is 24.9 Å². The zero-order chi connectivity index (χ0) is 16.0. The Hall–Kier alpha value is -1.75. The van der Waals surface area contributed by atoms with Gasteiger partial charge in [0.2, 0.25) is 0 Å². The Kier molecular flexibility index (Phi) is 6.28. The normalized spacial score (nSPS) is 10.6. The molecule has 0 amide bonds. The molecule has 3 aromatic heterocycles. The van der Waals surface area contributed by atoms with E-state index in [0.29, 0.717) is 0 Å². The maximum Gasteiger partial charge on any atom is 2.00 e. The molecule has 0 spiro atoms. The minimum Gasteiger partial charge on any atom is -0.400 e. The Morgan fingerprint density at radius 2 is 0.875 bits per heavy atom. The summed E-state index contributed by atoms with van der Waals surface area (Å²) in [5, 5.41) is 14.1. The third-order valence-electron chi connectivity index (χ3n) is 4.11. The molecule has 0 radical (unpaired) electrons. The van der Waals surface area contributed by atoms with Crippen LogP contribution in [0.2, 0.25) is 0 Å². The van der Waals surface area contributed by atoms with Crippen LogP contribution in [0.3, 0.4) is 0 Å². The first-order valence-corrected chi connectivity index (χ1v) is 7.62. The molecule has 0 aromatic carbocycles. The van der Waals surface area contributed by atoms with E-state index in [9.17, 15) is 0 Å². The van der Waals surface area contributed by atoms with E-state index < -0.39 is 7.12 Å². The minimum absolute atomic E-state index is 0. The predicted molar refractivity (Wildman–Crippen MR) is 99.8 cm³/mol. The van der Waals surface area contributed by atoms with Crippen molar-refractivity contribution in [1.82, 2.24) is 29.1 Å². The quantitative estimate of drug-likeness (QED) is 0.625. The van der Waals surface area contributed by atoms with E-state index in [1.165, 1.54) is 0 Å². The zero-order valence-corrected chi connectivity index (χ0v) is 15.4. The molecular formula is C15H26B2N6Ni. The van der Waals surface area contributed by atoms with Gasteiger partial charge in [-0.05, 0) is 76.8 Å². The minimum atomic E-state index is -1.26. The molecule has 0 aliphatic heterocycles. The van der Waals surface area contributed by atoms with Crippen molar-refractivity contribution in [3.05, 3.63) is 52.4 Å². The fourth-order valence-corrected chi connectivity index (χ4v) is 3.26. The molecule has 0 bridgehead atoms. The topological polar surface area (TPSA) is 53.5 Å². The fourth-order valence-electron chi connectivity index (χ4n) is 3.26. The molecule has 3 aromatic rings. The number of rotatable bonds is 3. The molecule has 0 saturated carbocycles. The Morgan fingerprint density at radius 1 is 0.625 bits per heavy atom. The smallest absolute Gasteiger partial charge is 0.400 e. The van der Waals surface area contributed by atoms with Gasteiger partial charge in [-0.3, -0.25) is 0 Å². The Bertz CT molecular complexity index is 725. The third-order valence-corrected chi connectivity index (χ3v) is 4.11. The molecule has 0 aliphatic rings. The molecule has 0 unspecified atom stereocenters. The van der Waals surface area contributed by atoms with Crippen molar-refractivity contribution in [1.29, 1.82) is 0 Å². The molecule has 0 N–H and O–H groups in total. The third kappa shape index (κ3) is 3.51. The van der Waals surface area contributed by atoms with Crippen LogP contribution in [0.25, 0.3) is 0 Å². The van der Waals surface area contributed by atoms with E-state index >= 15 is 0 Å². The van der Waals surface area contributed by atoms with Gasteiger partial charge in [0.05, 0.1) is 17.1 Å². The van der Waals surface area contributed by atoms with Crippen molar-refractivity contribution in [2.24, 2.45) is 0 Å². The molecule has 132 valence electrons. The van der Waals surface area contributed by atoms with E-state index in [2.05, 4.69) is 52.7 Å². The number of nitrogens with zero attached hydrogens (tertiary/aromatic N) is 6. The van der Waals surface area contributed by atoms with Crippen molar-refractivity contribution in [3.8, 4) is 0 Å². The summed E-state index contributed by atoms with van der Waals surface area (Å²) in [7, 11) is -1.26. The van der Waals surface area contributed by atoms with Crippen LogP contribution in [0.15, 0.2) is 18.2 Å². The summed E-state index contributed by atoms with van der Waals surface area (Å²) in [5.74, 6) is 0. The van der Waals surface area contributed by atoms with E-state index in [4.69, 9.17) is 15.3 Å². The molecule has 3 heterocycles. The second kappa shape index (κ2) is 7.43. The summed E-state index contributed by atoms with van der Waals surface area (Å²) in [4.78, 5) is 0. The molecule has 0 fully saturated rings. The number of hydrogen-bond donors (Lipinski definition) is 0. The van der Waals surface area contributed by atoms with Crippen LogP contribution in [0, 0.1) is 41.5 Å². The van der Waals surface area contributed by atoms with Gasteiger partial charge in [-0.2, -0.15) is 0 Å². The van der Waals surface area contributed by atoms with Gasteiger partial charge in [-0.15, -0.1) is 0 Å². The first-order valence-electron chi connectivity index (χ1n) is 7.62. The first-order chi connectivity index (χ1) is 10.4. The van der Waals surface area contributed by atoms with E-state index in [1.54, 1.807) is 0 Å². The molecule has 24 heavy (non-hydrogen) atoms. The first kappa shape index (κ1) is 20.3. The van der Waals surface area contributed by atoms with Crippen LogP contribution in [0.1, 0.15) is 34.2 Å². The molecule has 0 atom stereocenters. The summed E-state index contributed by atoms with van der Waals surface area (Å²) in [6, 6.07) is 6.28. The standard InChI is InChI=1S/C15H22BN6.BH4.Ni/c1-10-7-13(4)20(17-10)16(21-14(5)8-11(2)18-21)22-15(6)9-12(3)19-22;;/h7-9,16H,1-6H3;1H4;/q2*-1;+2.